The highest BCUT2D eigenvalue weighted by Crippen LogP contribution is 2.28. The SMILES string of the molecule is CCOC(=O)CCC(=O)COc1ccc([N+](=O)[O-])cc1Cl. The second kappa shape index (κ2) is 8.21. The van der Waals surface area contributed by atoms with Crippen LogP contribution >= 0.6 is 11.6 Å². The van der Waals surface area contributed by atoms with Crippen molar-refractivity contribution in [2.45, 2.75) is 19.8 Å². The number of hydrogen-bond acceptors (Lipinski definition) is 6. The Labute approximate surface area is 125 Å². The zero-order valence-electron chi connectivity index (χ0n) is 11.3. The van der Waals surface area contributed by atoms with Crippen molar-refractivity contribution in [3.05, 3.63) is 33.3 Å². The zero-order chi connectivity index (χ0) is 15.8. The maximum Gasteiger partial charge on any atom is 0.306 e. The molecule has 114 valence electrons. The van der Waals surface area contributed by atoms with Gasteiger partial charge in [-0.15, -0.1) is 0 Å². The average molecular weight is 316 g/mol. The molecule has 0 aromatic heterocycles. The molecule has 8 heteroatoms. The smallest absolute Gasteiger partial charge is 0.306 e. The first-order valence-electron chi connectivity index (χ1n) is 6.18. The summed E-state index contributed by atoms with van der Waals surface area (Å²) in [5.41, 5.74) is -0.166. The summed E-state index contributed by atoms with van der Waals surface area (Å²) < 4.78 is 9.86. The quantitative estimate of drug-likeness (QED) is 0.415. The van der Waals surface area contributed by atoms with E-state index in [0.717, 1.165) is 6.07 Å². The molecule has 0 fully saturated rings. The summed E-state index contributed by atoms with van der Waals surface area (Å²) in [5.74, 6) is -0.566. The number of esters is 1. The summed E-state index contributed by atoms with van der Waals surface area (Å²) in [4.78, 5) is 32.6. The number of halogens is 1. The van der Waals surface area contributed by atoms with Crippen LogP contribution in [-0.4, -0.2) is 29.9 Å². The molecule has 0 bridgehead atoms. The van der Waals surface area contributed by atoms with Crippen molar-refractivity contribution >= 4 is 29.0 Å². The molecule has 21 heavy (non-hydrogen) atoms. The highest BCUT2D eigenvalue weighted by molar-refractivity contribution is 6.32. The maximum atomic E-state index is 11.5. The van der Waals surface area contributed by atoms with Crippen molar-refractivity contribution in [2.75, 3.05) is 13.2 Å². The van der Waals surface area contributed by atoms with Gasteiger partial charge >= 0.3 is 5.97 Å². The van der Waals surface area contributed by atoms with E-state index in [4.69, 9.17) is 21.1 Å². The number of hydrogen-bond donors (Lipinski definition) is 0. The lowest BCUT2D eigenvalue weighted by Gasteiger charge is -2.07. The summed E-state index contributed by atoms with van der Waals surface area (Å²) in [5, 5.41) is 10.6. The number of nitro groups is 1. The number of carbonyl (C=O) groups excluding carboxylic acids is 2. The Morgan fingerprint density at radius 2 is 2.05 bits per heavy atom. The number of ether oxygens (including phenoxy) is 2. The van der Waals surface area contributed by atoms with Gasteiger partial charge in [0.1, 0.15) is 12.4 Å². The van der Waals surface area contributed by atoms with Gasteiger partial charge in [0.05, 0.1) is 23.0 Å². The van der Waals surface area contributed by atoms with E-state index in [0.29, 0.717) is 0 Å². The molecule has 0 N–H and O–H groups in total. The molecule has 0 saturated heterocycles. The third-order valence-corrected chi connectivity index (χ3v) is 2.72. The molecule has 1 aromatic carbocycles. The van der Waals surface area contributed by atoms with Gasteiger partial charge in [0.25, 0.3) is 5.69 Å². The van der Waals surface area contributed by atoms with E-state index in [9.17, 15) is 19.7 Å². The van der Waals surface area contributed by atoms with Crippen LogP contribution in [0.15, 0.2) is 18.2 Å². The van der Waals surface area contributed by atoms with Crippen LogP contribution < -0.4 is 4.74 Å². The highest BCUT2D eigenvalue weighted by atomic mass is 35.5. The standard InChI is InChI=1S/C13H14ClNO6/c1-2-20-13(17)6-4-10(16)8-21-12-5-3-9(15(18)19)7-11(12)14/h3,5,7H,2,4,6,8H2,1H3. The van der Waals surface area contributed by atoms with E-state index < -0.39 is 10.9 Å². The Hall–Kier alpha value is -2.15. The molecule has 1 rings (SSSR count). The second-order valence-electron chi connectivity index (χ2n) is 4.00. The Morgan fingerprint density at radius 1 is 1.33 bits per heavy atom. The van der Waals surface area contributed by atoms with Crippen molar-refractivity contribution < 1.29 is 24.0 Å². The lowest BCUT2D eigenvalue weighted by molar-refractivity contribution is -0.384. The Balaban J connectivity index is 2.46. The van der Waals surface area contributed by atoms with Crippen LogP contribution in [-0.2, 0) is 14.3 Å². The predicted molar refractivity (Wildman–Crippen MR) is 74.5 cm³/mol. The maximum absolute atomic E-state index is 11.5. The summed E-state index contributed by atoms with van der Waals surface area (Å²) in [6.07, 6.45) is -0.00649. The van der Waals surface area contributed by atoms with Crippen LogP contribution in [0.2, 0.25) is 5.02 Å². The molecule has 0 amide bonds. The fraction of sp³-hybridized carbons (Fsp3) is 0.385. The largest absolute Gasteiger partial charge is 0.484 e. The van der Waals surface area contributed by atoms with Crippen LogP contribution in [0.4, 0.5) is 5.69 Å². The second-order valence-corrected chi connectivity index (χ2v) is 4.41. The van der Waals surface area contributed by atoms with Gasteiger partial charge in [-0.3, -0.25) is 19.7 Å². The number of ketones is 1. The first kappa shape index (κ1) is 16.9. The lowest BCUT2D eigenvalue weighted by atomic mass is 10.2. The summed E-state index contributed by atoms with van der Waals surface area (Å²) in [6.45, 7) is 1.68. The van der Waals surface area contributed by atoms with E-state index in [2.05, 4.69) is 0 Å². The molecule has 0 saturated carbocycles. The number of benzene rings is 1. The van der Waals surface area contributed by atoms with Crippen molar-refractivity contribution in [1.29, 1.82) is 0 Å². The first-order valence-corrected chi connectivity index (χ1v) is 6.56. The van der Waals surface area contributed by atoms with Crippen LogP contribution in [0.3, 0.4) is 0 Å². The number of nitrogens with zero attached hydrogens (tertiary/aromatic N) is 1. The molecule has 0 aliphatic carbocycles. The lowest BCUT2D eigenvalue weighted by Crippen LogP contribution is -2.14. The van der Waals surface area contributed by atoms with Gasteiger partial charge in [-0.05, 0) is 13.0 Å². The Morgan fingerprint density at radius 3 is 2.62 bits per heavy atom. The minimum Gasteiger partial charge on any atom is -0.484 e. The van der Waals surface area contributed by atoms with E-state index in [1.165, 1.54) is 12.1 Å². The van der Waals surface area contributed by atoms with Gasteiger partial charge in [-0.2, -0.15) is 0 Å². The van der Waals surface area contributed by atoms with E-state index >= 15 is 0 Å². The number of Topliss-reactive ketones (excluding diaryl/α,β-unsaturated/α-hetero) is 1. The molecule has 0 radical (unpaired) electrons. The van der Waals surface area contributed by atoms with Gasteiger partial charge in [-0.1, -0.05) is 11.6 Å². The molecule has 0 spiro atoms. The van der Waals surface area contributed by atoms with Crippen LogP contribution in [0.1, 0.15) is 19.8 Å². The summed E-state index contributed by atoms with van der Waals surface area (Å²) in [6, 6.07) is 3.68. The number of non-ortho nitro benzene ring substituents is 1. The number of nitro benzene ring substituents is 1. The van der Waals surface area contributed by atoms with Crippen molar-refractivity contribution in [3.63, 3.8) is 0 Å². The van der Waals surface area contributed by atoms with E-state index in [-0.39, 0.29) is 48.3 Å². The molecule has 0 aliphatic rings. The summed E-state index contributed by atoms with van der Waals surface area (Å²) >= 11 is 5.81. The molecule has 0 atom stereocenters. The minimum absolute atomic E-state index is 0.00341. The topological polar surface area (TPSA) is 95.7 Å². The average Bonchev–Trinajstić information content (AvgIpc) is 2.44. The van der Waals surface area contributed by atoms with Crippen molar-refractivity contribution in [2.24, 2.45) is 0 Å². The van der Waals surface area contributed by atoms with Crippen molar-refractivity contribution in [1.82, 2.24) is 0 Å². The monoisotopic (exact) mass is 315 g/mol. The highest BCUT2D eigenvalue weighted by Gasteiger charge is 2.12. The van der Waals surface area contributed by atoms with E-state index in [1.54, 1.807) is 6.92 Å². The predicted octanol–water partition coefficient (Wildman–Crippen LogP) is 2.54. The van der Waals surface area contributed by atoms with Crippen LogP contribution in [0.25, 0.3) is 0 Å². The molecule has 0 unspecified atom stereocenters. The molecular formula is C13H14ClNO6. The summed E-state index contributed by atoms with van der Waals surface area (Å²) in [7, 11) is 0. The number of rotatable bonds is 8. The zero-order valence-corrected chi connectivity index (χ0v) is 12.1. The third-order valence-electron chi connectivity index (χ3n) is 2.43. The first-order chi connectivity index (χ1) is 9.93. The molecule has 7 nitrogen and oxygen atoms in total. The van der Waals surface area contributed by atoms with Crippen molar-refractivity contribution in [3.8, 4) is 5.75 Å². The van der Waals surface area contributed by atoms with Crippen LogP contribution in [0.5, 0.6) is 5.75 Å². The number of carbonyl (C=O) groups is 2. The van der Waals surface area contributed by atoms with E-state index in [1.807, 2.05) is 0 Å². The fourth-order valence-electron chi connectivity index (χ4n) is 1.43. The molecule has 1 aromatic rings. The Kier molecular flexibility index (Phi) is 6.61. The third kappa shape index (κ3) is 5.78. The van der Waals surface area contributed by atoms with Gasteiger partial charge < -0.3 is 9.47 Å². The van der Waals surface area contributed by atoms with Gasteiger partial charge in [-0.25, -0.2) is 0 Å². The van der Waals surface area contributed by atoms with Gasteiger partial charge in [0.15, 0.2) is 5.78 Å². The van der Waals surface area contributed by atoms with Crippen LogP contribution in [0, 0.1) is 10.1 Å². The molecular weight excluding hydrogens is 302 g/mol. The molecule has 0 heterocycles. The molecule has 0 aliphatic heterocycles. The van der Waals surface area contributed by atoms with Gasteiger partial charge in [0.2, 0.25) is 0 Å². The van der Waals surface area contributed by atoms with Gasteiger partial charge in [0, 0.05) is 18.6 Å². The minimum atomic E-state index is -0.583. The normalized spacial score (nSPS) is 10.0. The fourth-order valence-corrected chi connectivity index (χ4v) is 1.65. The Bertz CT molecular complexity index is 545.